The molecule has 0 aromatic rings. The second-order valence-corrected chi connectivity index (χ2v) is 12.5. The Morgan fingerprint density at radius 3 is 2.18 bits per heavy atom. The maximum Gasteiger partial charge on any atom is 0.309 e. The quantitative estimate of drug-likeness (QED) is 0.108. The van der Waals surface area contributed by atoms with Crippen LogP contribution >= 0.6 is 0 Å². The van der Waals surface area contributed by atoms with Crippen LogP contribution in [0.25, 0.3) is 0 Å². The topological polar surface area (TPSA) is 55.8 Å². The molecule has 2 atom stereocenters. The number of carbonyl (C=O) groups is 2. The van der Waals surface area contributed by atoms with Crippen LogP contribution in [0.2, 0.25) is 0 Å². The highest BCUT2D eigenvalue weighted by Crippen LogP contribution is 2.27. The fourth-order valence-electron chi connectivity index (χ4n) is 4.71. The van der Waals surface area contributed by atoms with E-state index in [1.54, 1.807) is 0 Å². The van der Waals surface area contributed by atoms with Gasteiger partial charge in [-0.25, -0.2) is 0 Å². The minimum Gasteiger partial charge on any atom is -0.464 e. The first-order chi connectivity index (χ1) is 17.9. The number of carbonyl (C=O) groups excluding carboxylic acids is 2. The van der Waals surface area contributed by atoms with Crippen LogP contribution in [0.4, 0.5) is 0 Å². The van der Waals surface area contributed by atoms with Gasteiger partial charge < -0.3 is 9.47 Å². The first-order valence-electron chi connectivity index (χ1n) is 14.9. The van der Waals surface area contributed by atoms with Crippen LogP contribution in [0.15, 0.2) is 34.9 Å². The Hall–Kier alpha value is -1.88. The molecule has 0 amide bonds. The van der Waals surface area contributed by atoms with Crippen LogP contribution in [0.5, 0.6) is 0 Å². The van der Waals surface area contributed by atoms with Crippen LogP contribution < -0.4 is 0 Å². The Bertz CT molecular complexity index is 794. The van der Waals surface area contributed by atoms with E-state index >= 15 is 0 Å². The lowest BCUT2D eigenvalue weighted by molar-refractivity contribution is -0.150. The molecule has 0 radical (unpaired) electrons. The van der Waals surface area contributed by atoms with Gasteiger partial charge >= 0.3 is 11.9 Å². The summed E-state index contributed by atoms with van der Waals surface area (Å²) in [4.78, 5) is 27.3. The molecule has 218 valence electrons. The molecule has 0 saturated carbocycles. The minimum atomic E-state index is -0.111. The van der Waals surface area contributed by atoms with Crippen LogP contribution in [0, 0.1) is 11.8 Å². The third-order valence-corrected chi connectivity index (χ3v) is 7.31. The van der Waals surface area contributed by atoms with E-state index in [1.165, 1.54) is 23.1 Å². The standard InChI is InChI=1S/C33H57NO4/c1-26(2)14-11-9-10-12-16-28(5)31(35)37-24-22-34(33(6,7)8)23-25-38-32(36)30-20-18-29(19-21-30)17-13-15-27(3)4/h14-15,18,28,30H,9-13,16-17,19-25H2,1-8H3. The molecular formula is C33H57NO4. The molecule has 0 aliphatic heterocycles. The zero-order chi connectivity index (χ0) is 28.6. The largest absolute Gasteiger partial charge is 0.464 e. The number of hydrogen-bond acceptors (Lipinski definition) is 5. The summed E-state index contributed by atoms with van der Waals surface area (Å²) in [6.07, 6.45) is 17.0. The number of unbranched alkanes of at least 4 members (excludes halogenated alkanes) is 3. The Labute approximate surface area is 234 Å². The molecule has 5 heteroatoms. The predicted octanol–water partition coefficient (Wildman–Crippen LogP) is 8.20. The molecule has 2 unspecified atom stereocenters. The van der Waals surface area contributed by atoms with Gasteiger partial charge in [0.15, 0.2) is 0 Å². The van der Waals surface area contributed by atoms with Crippen molar-refractivity contribution in [2.24, 2.45) is 11.8 Å². The Morgan fingerprint density at radius 1 is 0.974 bits per heavy atom. The number of allylic oxidation sites excluding steroid dienone is 6. The van der Waals surface area contributed by atoms with Crippen LogP contribution in [0.1, 0.15) is 120 Å². The van der Waals surface area contributed by atoms with E-state index in [4.69, 9.17) is 9.47 Å². The molecule has 0 aromatic heterocycles. The van der Waals surface area contributed by atoms with E-state index < -0.39 is 0 Å². The summed E-state index contributed by atoms with van der Waals surface area (Å²) in [7, 11) is 0. The highest BCUT2D eigenvalue weighted by atomic mass is 16.5. The van der Waals surface area contributed by atoms with Crippen molar-refractivity contribution in [1.82, 2.24) is 4.90 Å². The highest BCUT2D eigenvalue weighted by molar-refractivity contribution is 5.73. The Morgan fingerprint density at radius 2 is 1.61 bits per heavy atom. The van der Waals surface area contributed by atoms with E-state index in [9.17, 15) is 9.59 Å². The van der Waals surface area contributed by atoms with Gasteiger partial charge in [-0.1, -0.05) is 54.7 Å². The van der Waals surface area contributed by atoms with E-state index in [0.717, 1.165) is 57.8 Å². The Kier molecular flexibility index (Phi) is 16.5. The van der Waals surface area contributed by atoms with Crippen molar-refractivity contribution in [2.45, 2.75) is 125 Å². The number of nitrogens with zero attached hydrogens (tertiary/aromatic N) is 1. The SMILES string of the molecule is CC(C)=CCCCCCC(C)C(=O)OCCN(CCOC(=O)C1CC=C(CCC=C(C)C)CC1)C(C)(C)C. The van der Waals surface area contributed by atoms with Crippen LogP contribution in [-0.2, 0) is 19.1 Å². The van der Waals surface area contributed by atoms with Gasteiger partial charge in [0.05, 0.1) is 11.8 Å². The number of esters is 2. The van der Waals surface area contributed by atoms with Crippen molar-refractivity contribution < 1.29 is 19.1 Å². The van der Waals surface area contributed by atoms with E-state index in [2.05, 4.69) is 71.6 Å². The predicted molar refractivity (Wildman–Crippen MR) is 159 cm³/mol. The molecule has 5 nitrogen and oxygen atoms in total. The zero-order valence-electron chi connectivity index (χ0n) is 25.9. The number of hydrogen-bond donors (Lipinski definition) is 0. The molecule has 0 aromatic carbocycles. The van der Waals surface area contributed by atoms with Gasteiger partial charge in [0.25, 0.3) is 0 Å². The zero-order valence-corrected chi connectivity index (χ0v) is 25.9. The molecule has 1 rings (SSSR count). The summed E-state index contributed by atoms with van der Waals surface area (Å²) in [6.45, 7) is 18.9. The van der Waals surface area contributed by atoms with Crippen molar-refractivity contribution in [1.29, 1.82) is 0 Å². The van der Waals surface area contributed by atoms with Crippen molar-refractivity contribution in [3.8, 4) is 0 Å². The monoisotopic (exact) mass is 531 g/mol. The third-order valence-electron chi connectivity index (χ3n) is 7.31. The average Bonchev–Trinajstić information content (AvgIpc) is 2.84. The molecule has 0 heterocycles. The molecule has 1 aliphatic rings. The van der Waals surface area contributed by atoms with Gasteiger partial charge in [-0.05, 0) is 99.8 Å². The maximum absolute atomic E-state index is 12.6. The second kappa shape index (κ2) is 18.4. The molecule has 0 fully saturated rings. The Balaban J connectivity index is 2.33. The summed E-state index contributed by atoms with van der Waals surface area (Å²) < 4.78 is 11.3. The highest BCUT2D eigenvalue weighted by Gasteiger charge is 2.25. The molecule has 1 aliphatic carbocycles. The molecule has 0 N–H and O–H groups in total. The summed E-state index contributed by atoms with van der Waals surface area (Å²) in [5.74, 6) is -0.292. The van der Waals surface area contributed by atoms with Gasteiger partial charge in [0.1, 0.15) is 13.2 Å². The normalized spacial score (nSPS) is 16.4. The maximum atomic E-state index is 12.6. The lowest BCUT2D eigenvalue weighted by Crippen LogP contribution is -2.45. The molecule has 0 saturated heterocycles. The molecule has 0 bridgehead atoms. The summed E-state index contributed by atoms with van der Waals surface area (Å²) in [5.41, 5.74) is 4.08. The van der Waals surface area contributed by atoms with Crippen molar-refractivity contribution in [3.05, 3.63) is 34.9 Å². The van der Waals surface area contributed by atoms with Crippen LogP contribution in [0.3, 0.4) is 0 Å². The van der Waals surface area contributed by atoms with Crippen molar-refractivity contribution >= 4 is 11.9 Å². The van der Waals surface area contributed by atoms with Gasteiger partial charge in [-0.2, -0.15) is 0 Å². The van der Waals surface area contributed by atoms with E-state index in [-0.39, 0.29) is 29.3 Å². The fourth-order valence-corrected chi connectivity index (χ4v) is 4.71. The van der Waals surface area contributed by atoms with Gasteiger partial charge in [0.2, 0.25) is 0 Å². The fraction of sp³-hybridized carbons (Fsp3) is 0.758. The first kappa shape index (κ1) is 34.1. The minimum absolute atomic E-state index is 0.0278. The summed E-state index contributed by atoms with van der Waals surface area (Å²) in [5, 5.41) is 0. The van der Waals surface area contributed by atoms with Crippen molar-refractivity contribution in [3.63, 3.8) is 0 Å². The number of rotatable bonds is 17. The molecular weight excluding hydrogens is 474 g/mol. The van der Waals surface area contributed by atoms with E-state index in [1.807, 2.05) is 6.92 Å². The lowest BCUT2D eigenvalue weighted by Gasteiger charge is -2.35. The smallest absolute Gasteiger partial charge is 0.309 e. The van der Waals surface area contributed by atoms with E-state index in [0.29, 0.717) is 26.3 Å². The van der Waals surface area contributed by atoms with Crippen molar-refractivity contribution in [2.75, 3.05) is 26.3 Å². The van der Waals surface area contributed by atoms with Gasteiger partial charge in [-0.3, -0.25) is 14.5 Å². The van der Waals surface area contributed by atoms with Gasteiger partial charge in [0, 0.05) is 18.6 Å². The average molecular weight is 532 g/mol. The lowest BCUT2D eigenvalue weighted by atomic mass is 9.88. The third kappa shape index (κ3) is 15.5. The summed E-state index contributed by atoms with van der Waals surface area (Å²) in [6, 6.07) is 0. The first-order valence-corrected chi connectivity index (χ1v) is 14.9. The number of ether oxygens (including phenoxy) is 2. The summed E-state index contributed by atoms with van der Waals surface area (Å²) >= 11 is 0. The van der Waals surface area contributed by atoms with Crippen LogP contribution in [-0.4, -0.2) is 48.7 Å². The molecule has 38 heavy (non-hydrogen) atoms. The second-order valence-electron chi connectivity index (χ2n) is 12.5. The van der Waals surface area contributed by atoms with Gasteiger partial charge in [-0.15, -0.1) is 0 Å². The molecule has 0 spiro atoms.